The Hall–Kier alpha value is -5.02. The summed E-state index contributed by atoms with van der Waals surface area (Å²) >= 11 is 0. The van der Waals surface area contributed by atoms with Crippen LogP contribution in [0.2, 0.25) is 0 Å². The number of carbonyl (C=O) groups excluding carboxylic acids is 2. The molecule has 216 valence electrons. The number of hydrogen-bond donors (Lipinski definition) is 2. The molecule has 5 rings (SSSR count). The quantitative estimate of drug-likeness (QED) is 0.238. The van der Waals surface area contributed by atoms with Crippen LogP contribution in [0.25, 0.3) is 11.1 Å². The molecule has 0 saturated heterocycles. The van der Waals surface area contributed by atoms with E-state index in [0.717, 1.165) is 27.8 Å². The highest BCUT2D eigenvalue weighted by Crippen LogP contribution is 2.44. The summed E-state index contributed by atoms with van der Waals surface area (Å²) in [5, 5.41) is 0. The summed E-state index contributed by atoms with van der Waals surface area (Å²) in [6.07, 6.45) is -0.510. The average Bonchev–Trinajstić information content (AvgIpc) is 3.35. The van der Waals surface area contributed by atoms with Gasteiger partial charge in [-0.2, -0.15) is 0 Å². The molecule has 2 amide bonds. The summed E-state index contributed by atoms with van der Waals surface area (Å²) < 4.78 is 22.5. The minimum absolute atomic E-state index is 0.0718. The first-order valence-corrected chi connectivity index (χ1v) is 13.5. The van der Waals surface area contributed by atoms with E-state index in [1.54, 1.807) is 56.5 Å². The van der Waals surface area contributed by atoms with Crippen molar-refractivity contribution in [3.05, 3.63) is 108 Å². The summed E-state index contributed by atoms with van der Waals surface area (Å²) in [6.45, 7) is 0.262. The van der Waals surface area contributed by atoms with Gasteiger partial charge in [-0.25, -0.2) is 10.2 Å². The number of amides is 2. The minimum atomic E-state index is -0.510. The van der Waals surface area contributed by atoms with Crippen LogP contribution in [0.1, 0.15) is 22.6 Å². The smallest absolute Gasteiger partial charge is 0.414 e. The number of ether oxygens (including phenoxy) is 4. The van der Waals surface area contributed by atoms with Crippen LogP contribution in [0.5, 0.6) is 17.2 Å². The molecule has 0 aromatic heterocycles. The molecule has 42 heavy (non-hydrogen) atoms. The third-order valence-corrected chi connectivity index (χ3v) is 7.13. The molecular formula is C33H33N3O6. The molecule has 1 aliphatic rings. The van der Waals surface area contributed by atoms with E-state index in [2.05, 4.69) is 35.1 Å². The van der Waals surface area contributed by atoms with Crippen molar-refractivity contribution in [1.29, 1.82) is 0 Å². The standard InChI is InChI=1S/C33H33N3O6/c1-34-35-32(37)21-41-23-14-12-22(13-15-23)19-36(30-17-16-24(39-2)18-31(30)40-3)33(38)42-20-29-27-10-6-4-8-25(27)26-9-5-7-11-28(26)29/h4-18,29,34H,19-21H2,1-3H3,(H,35,37). The number of hydrogen-bond acceptors (Lipinski definition) is 7. The molecule has 9 nitrogen and oxygen atoms in total. The fourth-order valence-corrected chi connectivity index (χ4v) is 5.13. The zero-order valence-corrected chi connectivity index (χ0v) is 23.8. The lowest BCUT2D eigenvalue weighted by molar-refractivity contribution is -0.123. The molecule has 0 bridgehead atoms. The monoisotopic (exact) mass is 567 g/mol. The van der Waals surface area contributed by atoms with Crippen LogP contribution in [0, 0.1) is 0 Å². The van der Waals surface area contributed by atoms with Crippen LogP contribution in [-0.2, 0) is 16.1 Å². The van der Waals surface area contributed by atoms with Crippen LogP contribution in [-0.4, -0.2) is 46.5 Å². The van der Waals surface area contributed by atoms with Crippen LogP contribution in [0.15, 0.2) is 91.0 Å². The number of nitrogens with zero attached hydrogens (tertiary/aromatic N) is 1. The Labute approximate surface area is 244 Å². The second kappa shape index (κ2) is 13.1. The lowest BCUT2D eigenvalue weighted by atomic mass is 9.98. The Morgan fingerprint density at radius 2 is 1.45 bits per heavy atom. The number of hydrazine groups is 1. The Kier molecular flexibility index (Phi) is 8.89. The van der Waals surface area contributed by atoms with Crippen molar-refractivity contribution in [1.82, 2.24) is 10.9 Å². The van der Waals surface area contributed by atoms with Crippen LogP contribution < -0.4 is 30.0 Å². The predicted molar refractivity (Wildman–Crippen MR) is 160 cm³/mol. The highest BCUT2D eigenvalue weighted by atomic mass is 16.6. The van der Waals surface area contributed by atoms with Gasteiger partial charge in [0.2, 0.25) is 0 Å². The van der Waals surface area contributed by atoms with Crippen molar-refractivity contribution in [2.45, 2.75) is 12.5 Å². The number of fused-ring (bicyclic) bond motifs is 3. The van der Waals surface area contributed by atoms with Gasteiger partial charge in [-0.05, 0) is 52.1 Å². The molecule has 4 aromatic carbocycles. The van der Waals surface area contributed by atoms with Gasteiger partial charge in [0.25, 0.3) is 5.91 Å². The topological polar surface area (TPSA) is 98.4 Å². The molecule has 0 heterocycles. The van der Waals surface area contributed by atoms with E-state index in [1.165, 1.54) is 0 Å². The van der Waals surface area contributed by atoms with Gasteiger partial charge in [0.15, 0.2) is 6.61 Å². The molecule has 1 aliphatic carbocycles. The fraction of sp³-hybridized carbons (Fsp3) is 0.212. The van der Waals surface area contributed by atoms with Gasteiger partial charge in [-0.15, -0.1) is 0 Å². The van der Waals surface area contributed by atoms with Gasteiger partial charge in [0.05, 0.1) is 26.5 Å². The predicted octanol–water partition coefficient (Wildman–Crippen LogP) is 5.29. The number of methoxy groups -OCH3 is 2. The minimum Gasteiger partial charge on any atom is -0.497 e. The summed E-state index contributed by atoms with van der Waals surface area (Å²) in [5.74, 6) is 1.23. The molecule has 0 spiro atoms. The van der Waals surface area contributed by atoms with Gasteiger partial charge in [-0.3, -0.25) is 15.1 Å². The first-order valence-electron chi connectivity index (χ1n) is 13.5. The fourth-order valence-electron chi connectivity index (χ4n) is 5.13. The number of carbonyl (C=O) groups is 2. The van der Waals surface area contributed by atoms with Crippen molar-refractivity contribution in [3.8, 4) is 28.4 Å². The van der Waals surface area contributed by atoms with E-state index in [4.69, 9.17) is 18.9 Å². The molecule has 0 aliphatic heterocycles. The maximum absolute atomic E-state index is 13.8. The molecule has 9 heteroatoms. The molecule has 2 N–H and O–H groups in total. The van der Waals surface area contributed by atoms with E-state index in [9.17, 15) is 9.59 Å². The third kappa shape index (κ3) is 6.16. The van der Waals surface area contributed by atoms with Gasteiger partial charge in [-0.1, -0.05) is 60.7 Å². The van der Waals surface area contributed by atoms with E-state index < -0.39 is 6.09 Å². The normalized spacial score (nSPS) is 11.7. The highest BCUT2D eigenvalue weighted by molar-refractivity contribution is 5.90. The highest BCUT2D eigenvalue weighted by Gasteiger charge is 2.30. The Balaban J connectivity index is 1.37. The molecule has 4 aromatic rings. The zero-order chi connectivity index (χ0) is 29.5. The van der Waals surface area contributed by atoms with E-state index in [0.29, 0.717) is 22.9 Å². The first kappa shape index (κ1) is 28.5. The van der Waals surface area contributed by atoms with Crippen molar-refractivity contribution in [3.63, 3.8) is 0 Å². The van der Waals surface area contributed by atoms with Crippen LogP contribution in [0.4, 0.5) is 10.5 Å². The summed E-state index contributed by atoms with van der Waals surface area (Å²) in [6, 6.07) is 28.9. The molecule has 0 fully saturated rings. The number of nitrogens with one attached hydrogen (secondary N) is 2. The second-order valence-corrected chi connectivity index (χ2v) is 9.66. The van der Waals surface area contributed by atoms with Crippen molar-refractivity contribution < 1.29 is 28.5 Å². The molecule has 0 atom stereocenters. The lowest BCUT2D eigenvalue weighted by Crippen LogP contribution is -2.37. The van der Waals surface area contributed by atoms with Gasteiger partial charge < -0.3 is 18.9 Å². The molecule has 0 radical (unpaired) electrons. The second-order valence-electron chi connectivity index (χ2n) is 9.66. The summed E-state index contributed by atoms with van der Waals surface area (Å²) in [7, 11) is 4.72. The molecule has 0 saturated carbocycles. The lowest BCUT2D eigenvalue weighted by Gasteiger charge is -2.25. The number of anilines is 1. The van der Waals surface area contributed by atoms with Crippen LogP contribution >= 0.6 is 0 Å². The van der Waals surface area contributed by atoms with E-state index in [-0.39, 0.29) is 31.6 Å². The molecule has 0 unspecified atom stereocenters. The van der Waals surface area contributed by atoms with Crippen LogP contribution in [0.3, 0.4) is 0 Å². The van der Waals surface area contributed by atoms with Gasteiger partial charge >= 0.3 is 6.09 Å². The van der Waals surface area contributed by atoms with Crippen molar-refractivity contribution >= 4 is 17.7 Å². The average molecular weight is 568 g/mol. The van der Waals surface area contributed by atoms with E-state index in [1.807, 2.05) is 36.4 Å². The summed E-state index contributed by atoms with van der Waals surface area (Å²) in [4.78, 5) is 27.0. The largest absolute Gasteiger partial charge is 0.497 e. The van der Waals surface area contributed by atoms with E-state index >= 15 is 0 Å². The molecular weight excluding hydrogens is 534 g/mol. The summed E-state index contributed by atoms with van der Waals surface area (Å²) in [5.41, 5.74) is 11.0. The zero-order valence-electron chi connectivity index (χ0n) is 23.8. The number of benzene rings is 4. The maximum atomic E-state index is 13.8. The number of rotatable bonds is 11. The first-order chi connectivity index (χ1) is 20.5. The van der Waals surface area contributed by atoms with Crippen molar-refractivity contribution in [2.24, 2.45) is 0 Å². The SMILES string of the molecule is CNNC(=O)COc1ccc(CN(C(=O)OCC2c3ccccc3-c3ccccc32)c2ccc(OC)cc2OC)cc1. The van der Waals surface area contributed by atoms with Gasteiger partial charge in [0, 0.05) is 19.0 Å². The Morgan fingerprint density at radius 3 is 2.07 bits per heavy atom. The Morgan fingerprint density at radius 1 is 0.810 bits per heavy atom. The third-order valence-electron chi connectivity index (χ3n) is 7.13. The maximum Gasteiger partial charge on any atom is 0.414 e. The van der Waals surface area contributed by atoms with Gasteiger partial charge in [0.1, 0.15) is 23.9 Å². The van der Waals surface area contributed by atoms with Crippen molar-refractivity contribution in [2.75, 3.05) is 39.4 Å². The Bertz CT molecular complexity index is 1510.